The van der Waals surface area contributed by atoms with Gasteiger partial charge in [0.05, 0.1) is 70.1 Å². The van der Waals surface area contributed by atoms with Crippen molar-refractivity contribution in [3.63, 3.8) is 0 Å². The van der Waals surface area contributed by atoms with Gasteiger partial charge in [-0.2, -0.15) is 23.7 Å². The summed E-state index contributed by atoms with van der Waals surface area (Å²) >= 11 is 5.82. The maximum absolute atomic E-state index is 9.59. The van der Waals surface area contributed by atoms with E-state index in [1.807, 2.05) is 48.5 Å². The van der Waals surface area contributed by atoms with Crippen LogP contribution in [0.2, 0.25) is 0 Å². The number of aromatic nitrogens is 2. The molecule has 2 aromatic carbocycles. The maximum atomic E-state index is 9.59. The third-order valence-corrected chi connectivity index (χ3v) is 9.93. The van der Waals surface area contributed by atoms with Gasteiger partial charge in [0, 0.05) is 36.2 Å². The summed E-state index contributed by atoms with van der Waals surface area (Å²) in [6.07, 6.45) is 0. The first-order valence-corrected chi connectivity index (χ1v) is 14.7. The van der Waals surface area contributed by atoms with Crippen LogP contribution in [0.1, 0.15) is 38.2 Å². The topological polar surface area (TPSA) is 97.8 Å². The number of nitriles is 2. The van der Waals surface area contributed by atoms with Gasteiger partial charge < -0.3 is 4.72 Å². The van der Waals surface area contributed by atoms with E-state index in [1.54, 1.807) is 22.7 Å². The largest absolute Gasteiger partial charge is 0.308 e. The van der Waals surface area contributed by atoms with Gasteiger partial charge in [-0.25, -0.2) is 0 Å². The molecule has 1 aliphatic carbocycles. The quantitative estimate of drug-likeness (QED) is 0.232. The SMILES string of the molecule is N#Cc1ccccc1-c1ccc(C2=C3NSN=C3C(c3ccc(-c4ccccc4C#N)s3)c3nsnc32)s1. The number of nitrogens with zero attached hydrogens (tertiary/aromatic N) is 5. The lowest BCUT2D eigenvalue weighted by Gasteiger charge is -2.23. The average molecular weight is 563 g/mol. The summed E-state index contributed by atoms with van der Waals surface area (Å²) in [5, 5.41) is 19.2. The van der Waals surface area contributed by atoms with E-state index < -0.39 is 0 Å². The zero-order valence-electron chi connectivity index (χ0n) is 19.4. The number of fused-ring (bicyclic) bond motifs is 2. The van der Waals surface area contributed by atoms with E-state index in [2.05, 4.69) is 41.1 Å². The van der Waals surface area contributed by atoms with Gasteiger partial charge in [-0.15, -0.1) is 22.7 Å². The molecule has 38 heavy (non-hydrogen) atoms. The van der Waals surface area contributed by atoms with Crippen LogP contribution in [-0.2, 0) is 0 Å². The lowest BCUT2D eigenvalue weighted by atomic mass is 9.84. The first-order chi connectivity index (χ1) is 18.8. The predicted molar refractivity (Wildman–Crippen MR) is 155 cm³/mol. The van der Waals surface area contributed by atoms with Crippen molar-refractivity contribution in [3.8, 4) is 33.0 Å². The number of hydrogen-bond donors (Lipinski definition) is 1. The first-order valence-electron chi connectivity index (χ1n) is 11.5. The smallest absolute Gasteiger partial charge is 0.112 e. The van der Waals surface area contributed by atoms with Crippen LogP contribution >= 0.6 is 46.5 Å². The molecule has 10 heteroatoms. The number of allylic oxidation sites excluding steroid dienone is 1. The Balaban J connectivity index is 1.33. The number of benzene rings is 2. The van der Waals surface area contributed by atoms with Crippen molar-refractivity contribution in [1.82, 2.24) is 13.5 Å². The summed E-state index contributed by atoms with van der Waals surface area (Å²) < 4.78 is 17.7. The van der Waals surface area contributed by atoms with Gasteiger partial charge in [0.25, 0.3) is 0 Å². The molecule has 1 unspecified atom stereocenters. The molecular weight excluding hydrogens is 549 g/mol. The van der Waals surface area contributed by atoms with Crippen LogP contribution < -0.4 is 4.72 Å². The van der Waals surface area contributed by atoms with Gasteiger partial charge >= 0.3 is 0 Å². The van der Waals surface area contributed by atoms with Crippen LogP contribution in [0.3, 0.4) is 0 Å². The minimum atomic E-state index is -0.142. The van der Waals surface area contributed by atoms with Crippen molar-refractivity contribution in [1.29, 1.82) is 10.5 Å². The first kappa shape index (κ1) is 23.1. The third-order valence-electron chi connectivity index (χ3n) is 6.49. The second-order valence-electron chi connectivity index (χ2n) is 8.53. The normalized spacial score (nSPS) is 15.7. The Bertz CT molecular complexity index is 1880. The Morgan fingerprint density at radius 1 is 0.737 bits per heavy atom. The molecule has 0 bridgehead atoms. The summed E-state index contributed by atoms with van der Waals surface area (Å²) in [7, 11) is 0. The lowest BCUT2D eigenvalue weighted by molar-refractivity contribution is 1.02. The van der Waals surface area contributed by atoms with E-state index in [-0.39, 0.29) is 5.92 Å². The second kappa shape index (κ2) is 9.35. The highest BCUT2D eigenvalue weighted by Crippen LogP contribution is 2.48. The molecule has 1 N–H and O–H groups in total. The fraction of sp³-hybridized carbons (Fsp3) is 0.0357. The number of rotatable bonds is 4. The van der Waals surface area contributed by atoms with Crippen molar-refractivity contribution in [3.05, 3.63) is 111 Å². The van der Waals surface area contributed by atoms with Crippen LogP contribution in [-0.4, -0.2) is 14.5 Å². The summed E-state index contributed by atoms with van der Waals surface area (Å²) in [5.74, 6) is -0.142. The van der Waals surface area contributed by atoms with E-state index in [0.717, 1.165) is 59.0 Å². The highest BCUT2D eigenvalue weighted by molar-refractivity contribution is 7.96. The third kappa shape index (κ3) is 3.62. The van der Waals surface area contributed by atoms with Crippen molar-refractivity contribution in [2.75, 3.05) is 0 Å². The minimum absolute atomic E-state index is 0.142. The molecule has 6 nitrogen and oxygen atoms in total. The Morgan fingerprint density at radius 2 is 1.39 bits per heavy atom. The van der Waals surface area contributed by atoms with E-state index in [0.29, 0.717) is 11.1 Å². The van der Waals surface area contributed by atoms with Crippen molar-refractivity contribution < 1.29 is 0 Å². The van der Waals surface area contributed by atoms with Crippen LogP contribution in [0.15, 0.2) is 82.9 Å². The Hall–Kier alpha value is -4.06. The molecule has 2 aliphatic rings. The summed E-state index contributed by atoms with van der Waals surface area (Å²) in [6, 6.07) is 28.3. The molecule has 7 rings (SSSR count). The fourth-order valence-electron chi connectivity index (χ4n) is 4.77. The van der Waals surface area contributed by atoms with Gasteiger partial charge in [0.15, 0.2) is 0 Å². The molecule has 0 saturated carbocycles. The van der Waals surface area contributed by atoms with Gasteiger partial charge in [-0.1, -0.05) is 36.4 Å². The molecule has 5 aromatic rings. The van der Waals surface area contributed by atoms with Crippen molar-refractivity contribution >= 4 is 57.8 Å². The molecular formula is C28H14N6S4. The van der Waals surface area contributed by atoms with Gasteiger partial charge in [0.1, 0.15) is 5.69 Å². The van der Waals surface area contributed by atoms with Crippen molar-refractivity contribution in [2.45, 2.75) is 5.92 Å². The highest BCUT2D eigenvalue weighted by Gasteiger charge is 2.40. The fourth-order valence-corrected chi connectivity index (χ4v) is 8.25. The summed E-state index contributed by atoms with van der Waals surface area (Å²) in [5.41, 5.74) is 7.80. The standard InChI is InChI=1S/C28H14N6S4/c29-13-15-5-1-3-7-17(15)19-9-11-21(35-19)23-25-27(33-37-31-25)24(28-26(23)32-38-34-28)22-12-10-20(36-22)18-8-4-2-6-16(18)14-30/h1-12,23,33H. The average Bonchev–Trinajstić information content (AvgIpc) is 3.78. The maximum Gasteiger partial charge on any atom is 0.112 e. The van der Waals surface area contributed by atoms with E-state index in [9.17, 15) is 10.5 Å². The molecule has 180 valence electrons. The van der Waals surface area contributed by atoms with E-state index in [1.165, 1.54) is 23.9 Å². The molecule has 4 heterocycles. The minimum Gasteiger partial charge on any atom is -0.308 e. The second-order valence-corrected chi connectivity index (χ2v) is 11.8. The predicted octanol–water partition coefficient (Wildman–Crippen LogP) is 7.25. The number of nitrogens with one attached hydrogen (secondary N) is 1. The molecule has 3 aromatic heterocycles. The Kier molecular flexibility index (Phi) is 5.68. The van der Waals surface area contributed by atoms with Crippen LogP contribution in [0.25, 0.3) is 26.5 Å². The zero-order chi connectivity index (χ0) is 25.6. The van der Waals surface area contributed by atoms with Crippen LogP contribution in [0.4, 0.5) is 0 Å². The van der Waals surface area contributed by atoms with Crippen LogP contribution in [0, 0.1) is 22.7 Å². The monoisotopic (exact) mass is 562 g/mol. The van der Waals surface area contributed by atoms with Gasteiger partial charge in [-0.3, -0.25) is 0 Å². The molecule has 0 amide bonds. The van der Waals surface area contributed by atoms with Crippen molar-refractivity contribution in [2.24, 2.45) is 4.40 Å². The molecule has 1 aliphatic heterocycles. The Labute approximate surface area is 234 Å². The van der Waals surface area contributed by atoms with Crippen LogP contribution in [0.5, 0.6) is 0 Å². The highest BCUT2D eigenvalue weighted by atomic mass is 32.2. The zero-order valence-corrected chi connectivity index (χ0v) is 22.6. The summed E-state index contributed by atoms with van der Waals surface area (Å²) in [4.78, 5) is 4.22. The molecule has 0 saturated heterocycles. The molecule has 1 atom stereocenters. The summed E-state index contributed by atoms with van der Waals surface area (Å²) in [6.45, 7) is 0. The van der Waals surface area contributed by atoms with E-state index in [4.69, 9.17) is 13.1 Å². The lowest BCUT2D eigenvalue weighted by Crippen LogP contribution is -2.24. The Morgan fingerprint density at radius 3 is 2.13 bits per heavy atom. The number of thiophene rings is 2. The number of hydrogen-bond acceptors (Lipinski definition) is 10. The molecule has 0 fully saturated rings. The molecule has 0 spiro atoms. The van der Waals surface area contributed by atoms with E-state index >= 15 is 0 Å². The van der Waals surface area contributed by atoms with Gasteiger partial charge in [-0.05, 0) is 36.4 Å². The molecule has 0 radical (unpaired) electrons. The van der Waals surface area contributed by atoms with Gasteiger partial charge in [0.2, 0.25) is 0 Å².